The van der Waals surface area contributed by atoms with Gasteiger partial charge in [0, 0.05) is 11.4 Å². The maximum Gasteiger partial charge on any atom is 0.418 e. The summed E-state index contributed by atoms with van der Waals surface area (Å²) in [4.78, 5) is 0. The van der Waals surface area contributed by atoms with Gasteiger partial charge < -0.3 is 16.0 Å². The zero-order valence-electron chi connectivity index (χ0n) is 14.1. The Bertz CT molecular complexity index is 962. The molecule has 0 spiro atoms. The van der Waals surface area contributed by atoms with Gasteiger partial charge in [0.15, 0.2) is 16.1 Å². The Kier molecular flexibility index (Phi) is 5.96. The fraction of sp³-hybridized carbons (Fsp3) is 0.0556. The van der Waals surface area contributed by atoms with Crippen LogP contribution in [0.2, 0.25) is 5.15 Å². The zero-order valence-corrected chi connectivity index (χ0v) is 15.7. The maximum absolute atomic E-state index is 13.0. The highest BCUT2D eigenvalue weighted by Gasteiger charge is 2.33. The number of nitrogens with one attached hydrogen (secondary N) is 3. The molecular formula is C18H13ClF3N5S. The van der Waals surface area contributed by atoms with Gasteiger partial charge in [0.05, 0.1) is 11.3 Å². The minimum absolute atomic E-state index is 0.0426. The van der Waals surface area contributed by atoms with Crippen LogP contribution < -0.4 is 16.0 Å². The van der Waals surface area contributed by atoms with E-state index in [2.05, 4.69) is 26.1 Å². The van der Waals surface area contributed by atoms with Gasteiger partial charge >= 0.3 is 6.18 Å². The van der Waals surface area contributed by atoms with Gasteiger partial charge in [-0.15, -0.1) is 10.2 Å². The number of nitrogens with zero attached hydrogens (tertiary/aromatic N) is 2. The molecule has 3 N–H and O–H groups in total. The first-order valence-corrected chi connectivity index (χ1v) is 8.70. The second kappa shape index (κ2) is 8.41. The standard InChI is InChI=1S/C18H13ClF3N5S/c19-15-9-10-16(27-26-15)23-11-5-7-12(8-6-11)24-17(28)25-14-4-2-1-3-13(14)18(20,21)22/h1-10H,(H,23,27)(H2,24,25,28). The molecule has 0 aliphatic carbocycles. The Labute approximate surface area is 168 Å². The van der Waals surface area contributed by atoms with E-state index in [-0.39, 0.29) is 10.8 Å². The van der Waals surface area contributed by atoms with Crippen molar-refractivity contribution in [2.24, 2.45) is 0 Å². The van der Waals surface area contributed by atoms with Crippen LogP contribution in [0.1, 0.15) is 5.56 Å². The van der Waals surface area contributed by atoms with E-state index in [0.717, 1.165) is 11.8 Å². The molecule has 1 heterocycles. The molecule has 5 nitrogen and oxygen atoms in total. The lowest BCUT2D eigenvalue weighted by molar-refractivity contribution is -0.136. The molecule has 28 heavy (non-hydrogen) atoms. The largest absolute Gasteiger partial charge is 0.418 e. The Morgan fingerprint density at radius 1 is 0.857 bits per heavy atom. The first kappa shape index (κ1) is 19.8. The van der Waals surface area contributed by atoms with E-state index >= 15 is 0 Å². The number of thiocarbonyl (C=S) groups is 1. The molecule has 1 aromatic heterocycles. The lowest BCUT2D eigenvalue weighted by atomic mass is 10.1. The zero-order chi connectivity index (χ0) is 20.1. The average Bonchev–Trinajstić information content (AvgIpc) is 2.65. The molecule has 0 aliphatic rings. The van der Waals surface area contributed by atoms with Gasteiger partial charge in [0.2, 0.25) is 0 Å². The molecule has 0 radical (unpaired) electrons. The highest BCUT2D eigenvalue weighted by Crippen LogP contribution is 2.34. The third-order valence-corrected chi connectivity index (χ3v) is 3.93. The fourth-order valence-corrected chi connectivity index (χ4v) is 2.62. The van der Waals surface area contributed by atoms with Crippen molar-refractivity contribution in [1.82, 2.24) is 10.2 Å². The third-order valence-electron chi connectivity index (χ3n) is 3.53. The summed E-state index contributed by atoms with van der Waals surface area (Å²) < 4.78 is 39.1. The minimum Gasteiger partial charge on any atom is -0.339 e. The molecule has 0 unspecified atom stereocenters. The van der Waals surface area contributed by atoms with Crippen molar-refractivity contribution in [2.45, 2.75) is 6.18 Å². The Hall–Kier alpha value is -2.91. The first-order valence-electron chi connectivity index (χ1n) is 7.92. The number of alkyl halides is 3. The predicted molar refractivity (Wildman–Crippen MR) is 108 cm³/mol. The van der Waals surface area contributed by atoms with Crippen LogP contribution >= 0.6 is 23.8 Å². The second-order valence-corrected chi connectivity index (χ2v) is 6.36. The van der Waals surface area contributed by atoms with Gasteiger partial charge in [-0.2, -0.15) is 13.2 Å². The van der Waals surface area contributed by atoms with Crippen molar-refractivity contribution < 1.29 is 13.2 Å². The van der Waals surface area contributed by atoms with Gasteiger partial charge in [0.25, 0.3) is 0 Å². The summed E-state index contributed by atoms with van der Waals surface area (Å²) in [5, 5.41) is 16.4. The lowest BCUT2D eigenvalue weighted by Gasteiger charge is -2.16. The highest BCUT2D eigenvalue weighted by molar-refractivity contribution is 7.80. The molecule has 0 amide bonds. The van der Waals surface area contributed by atoms with Crippen molar-refractivity contribution in [3.05, 3.63) is 71.4 Å². The van der Waals surface area contributed by atoms with Crippen LogP contribution in [-0.4, -0.2) is 15.3 Å². The van der Waals surface area contributed by atoms with E-state index in [1.54, 1.807) is 36.4 Å². The molecule has 0 fully saturated rings. The minimum atomic E-state index is -4.48. The monoisotopic (exact) mass is 423 g/mol. The van der Waals surface area contributed by atoms with Crippen molar-refractivity contribution >= 4 is 51.8 Å². The van der Waals surface area contributed by atoms with E-state index in [4.69, 9.17) is 23.8 Å². The summed E-state index contributed by atoms with van der Waals surface area (Å²) in [6, 6.07) is 15.4. The van der Waals surface area contributed by atoms with Gasteiger partial charge in [0.1, 0.15) is 0 Å². The number of para-hydroxylation sites is 1. The van der Waals surface area contributed by atoms with Crippen LogP contribution in [-0.2, 0) is 6.18 Å². The third kappa shape index (κ3) is 5.30. The van der Waals surface area contributed by atoms with Crippen molar-refractivity contribution in [1.29, 1.82) is 0 Å². The molecule has 0 saturated heterocycles. The Morgan fingerprint density at radius 3 is 2.18 bits per heavy atom. The van der Waals surface area contributed by atoms with Crippen LogP contribution in [0.4, 0.5) is 36.1 Å². The van der Waals surface area contributed by atoms with Gasteiger partial charge in [-0.05, 0) is 60.7 Å². The molecule has 2 aromatic carbocycles. The smallest absolute Gasteiger partial charge is 0.339 e. The summed E-state index contributed by atoms with van der Waals surface area (Å²) in [6.07, 6.45) is -4.48. The van der Waals surface area contributed by atoms with E-state index in [9.17, 15) is 13.2 Å². The molecular weight excluding hydrogens is 411 g/mol. The molecule has 0 bridgehead atoms. The summed E-state index contributed by atoms with van der Waals surface area (Å²) in [7, 11) is 0. The summed E-state index contributed by atoms with van der Waals surface area (Å²) in [5.41, 5.74) is 0.438. The number of hydrogen-bond donors (Lipinski definition) is 3. The molecule has 0 atom stereocenters. The highest BCUT2D eigenvalue weighted by atomic mass is 35.5. The summed E-state index contributed by atoms with van der Waals surface area (Å²) >= 11 is 10.8. The van der Waals surface area contributed by atoms with Crippen LogP contribution in [0, 0.1) is 0 Å². The van der Waals surface area contributed by atoms with Crippen molar-refractivity contribution in [3.63, 3.8) is 0 Å². The van der Waals surface area contributed by atoms with Gasteiger partial charge in [-0.1, -0.05) is 23.7 Å². The summed E-state index contributed by atoms with van der Waals surface area (Å²) in [6.45, 7) is 0. The lowest BCUT2D eigenvalue weighted by Crippen LogP contribution is -2.21. The second-order valence-electron chi connectivity index (χ2n) is 5.57. The van der Waals surface area contributed by atoms with E-state index in [1.165, 1.54) is 18.2 Å². The maximum atomic E-state index is 13.0. The average molecular weight is 424 g/mol. The number of benzene rings is 2. The first-order chi connectivity index (χ1) is 13.3. The fourth-order valence-electron chi connectivity index (χ4n) is 2.29. The summed E-state index contributed by atoms with van der Waals surface area (Å²) in [5.74, 6) is 0.519. The van der Waals surface area contributed by atoms with E-state index < -0.39 is 11.7 Å². The van der Waals surface area contributed by atoms with Crippen molar-refractivity contribution in [2.75, 3.05) is 16.0 Å². The van der Waals surface area contributed by atoms with Crippen LogP contribution in [0.25, 0.3) is 0 Å². The van der Waals surface area contributed by atoms with Gasteiger partial charge in [-0.25, -0.2) is 0 Å². The number of rotatable bonds is 4. The number of hydrogen-bond acceptors (Lipinski definition) is 4. The quantitative estimate of drug-likeness (QED) is 0.468. The van der Waals surface area contributed by atoms with Gasteiger partial charge in [-0.3, -0.25) is 0 Å². The number of aromatic nitrogens is 2. The Morgan fingerprint density at radius 2 is 1.54 bits per heavy atom. The Balaban J connectivity index is 1.63. The SMILES string of the molecule is FC(F)(F)c1ccccc1NC(=S)Nc1ccc(Nc2ccc(Cl)nn2)cc1. The van der Waals surface area contributed by atoms with E-state index in [1.807, 2.05) is 0 Å². The normalized spacial score (nSPS) is 11.0. The molecule has 3 rings (SSSR count). The van der Waals surface area contributed by atoms with Crippen LogP contribution in [0.15, 0.2) is 60.7 Å². The molecule has 144 valence electrons. The van der Waals surface area contributed by atoms with Crippen molar-refractivity contribution in [3.8, 4) is 0 Å². The van der Waals surface area contributed by atoms with Crippen LogP contribution in [0.5, 0.6) is 0 Å². The number of halogens is 4. The molecule has 0 saturated carbocycles. The molecule has 3 aromatic rings. The predicted octanol–water partition coefficient (Wildman–Crippen LogP) is 5.70. The van der Waals surface area contributed by atoms with E-state index in [0.29, 0.717) is 16.7 Å². The molecule has 0 aliphatic heterocycles. The number of anilines is 4. The van der Waals surface area contributed by atoms with Crippen LogP contribution in [0.3, 0.4) is 0 Å². The molecule has 10 heteroatoms. The topological polar surface area (TPSA) is 61.9 Å².